The second kappa shape index (κ2) is 6.72. The van der Waals surface area contributed by atoms with Crippen molar-refractivity contribution in [3.05, 3.63) is 58.9 Å². The number of halogens is 1. The summed E-state index contributed by atoms with van der Waals surface area (Å²) in [5.74, 6) is 1.05. The molecule has 0 radical (unpaired) electrons. The van der Waals surface area contributed by atoms with Gasteiger partial charge in [-0.2, -0.15) is 0 Å². The van der Waals surface area contributed by atoms with Crippen LogP contribution in [0.3, 0.4) is 0 Å². The van der Waals surface area contributed by atoms with E-state index in [1.54, 1.807) is 6.07 Å². The molecule has 112 valence electrons. The largest absolute Gasteiger partial charge is 0.454 e. The fraction of sp³-hybridized carbons (Fsp3) is 0.333. The number of hydrogen-bond donors (Lipinski definition) is 1. The lowest BCUT2D eigenvalue weighted by Gasteiger charge is -2.13. The van der Waals surface area contributed by atoms with Crippen LogP contribution in [-0.4, -0.2) is 7.05 Å². The lowest BCUT2D eigenvalue weighted by atomic mass is 10.0. The van der Waals surface area contributed by atoms with Crippen molar-refractivity contribution in [2.75, 3.05) is 7.05 Å². The van der Waals surface area contributed by atoms with Gasteiger partial charge < -0.3 is 10.1 Å². The minimum Gasteiger partial charge on any atom is -0.454 e. The molecule has 0 unspecified atom stereocenters. The highest BCUT2D eigenvalue weighted by molar-refractivity contribution is 5.41. The van der Waals surface area contributed by atoms with Crippen molar-refractivity contribution in [3.8, 4) is 11.5 Å². The van der Waals surface area contributed by atoms with Crippen molar-refractivity contribution in [1.82, 2.24) is 5.32 Å². The maximum Gasteiger partial charge on any atom is 0.166 e. The van der Waals surface area contributed by atoms with E-state index in [4.69, 9.17) is 4.74 Å². The number of benzene rings is 2. The van der Waals surface area contributed by atoms with Crippen molar-refractivity contribution in [1.29, 1.82) is 0 Å². The van der Waals surface area contributed by atoms with E-state index >= 15 is 0 Å². The molecule has 2 nitrogen and oxygen atoms in total. The summed E-state index contributed by atoms with van der Waals surface area (Å²) in [6, 6.07) is 11.1. The van der Waals surface area contributed by atoms with Crippen LogP contribution in [0, 0.1) is 12.7 Å². The van der Waals surface area contributed by atoms with Gasteiger partial charge in [-0.3, -0.25) is 0 Å². The number of aryl methyl sites for hydroxylation is 1. The molecule has 0 bridgehead atoms. The Morgan fingerprint density at radius 2 is 1.86 bits per heavy atom. The van der Waals surface area contributed by atoms with Crippen molar-refractivity contribution in [2.45, 2.75) is 33.2 Å². The highest BCUT2D eigenvalue weighted by Gasteiger charge is 2.09. The smallest absolute Gasteiger partial charge is 0.166 e. The van der Waals surface area contributed by atoms with Crippen molar-refractivity contribution in [3.63, 3.8) is 0 Å². The summed E-state index contributed by atoms with van der Waals surface area (Å²) in [5.41, 5.74) is 3.08. The molecule has 0 saturated carbocycles. The Morgan fingerprint density at radius 1 is 1.10 bits per heavy atom. The molecule has 2 rings (SSSR count). The van der Waals surface area contributed by atoms with E-state index in [1.165, 1.54) is 11.6 Å². The molecular weight excluding hydrogens is 265 g/mol. The Kier molecular flexibility index (Phi) is 4.97. The molecule has 1 N–H and O–H groups in total. The maximum absolute atomic E-state index is 14.1. The second-order valence-electron chi connectivity index (χ2n) is 5.58. The van der Waals surface area contributed by atoms with E-state index in [0.717, 1.165) is 11.1 Å². The average molecular weight is 287 g/mol. The van der Waals surface area contributed by atoms with Crippen LogP contribution in [0.1, 0.15) is 36.5 Å². The van der Waals surface area contributed by atoms with Gasteiger partial charge in [0.25, 0.3) is 0 Å². The molecule has 0 aliphatic rings. The van der Waals surface area contributed by atoms with Crippen LogP contribution in [0.2, 0.25) is 0 Å². The SMILES string of the molecule is CNCc1ccc(Oc2cc(C(C)C)ccc2C)c(F)c1. The molecule has 0 aliphatic carbocycles. The fourth-order valence-corrected chi connectivity index (χ4v) is 2.15. The van der Waals surface area contributed by atoms with Gasteiger partial charge in [0.2, 0.25) is 0 Å². The van der Waals surface area contributed by atoms with Crippen molar-refractivity contribution in [2.24, 2.45) is 0 Å². The van der Waals surface area contributed by atoms with Crippen LogP contribution in [0.25, 0.3) is 0 Å². The molecule has 0 amide bonds. The Balaban J connectivity index is 2.27. The molecule has 0 aliphatic heterocycles. The predicted molar refractivity (Wildman–Crippen MR) is 84.5 cm³/mol. The van der Waals surface area contributed by atoms with Crippen LogP contribution in [0.4, 0.5) is 4.39 Å². The van der Waals surface area contributed by atoms with Crippen molar-refractivity contribution < 1.29 is 9.13 Å². The van der Waals surface area contributed by atoms with Crippen LogP contribution in [0.15, 0.2) is 36.4 Å². The van der Waals surface area contributed by atoms with E-state index in [9.17, 15) is 4.39 Å². The van der Waals surface area contributed by atoms with Crippen molar-refractivity contribution >= 4 is 0 Å². The normalized spacial score (nSPS) is 11.0. The molecule has 21 heavy (non-hydrogen) atoms. The van der Waals surface area contributed by atoms with Gasteiger partial charge in [-0.15, -0.1) is 0 Å². The molecular formula is C18H22FNO. The lowest BCUT2D eigenvalue weighted by molar-refractivity contribution is 0.438. The van der Waals surface area contributed by atoms with Gasteiger partial charge in [0, 0.05) is 6.54 Å². The van der Waals surface area contributed by atoms with Gasteiger partial charge in [0.05, 0.1) is 0 Å². The van der Waals surface area contributed by atoms with Gasteiger partial charge in [-0.05, 0) is 54.8 Å². The van der Waals surface area contributed by atoms with Crippen LogP contribution in [-0.2, 0) is 6.54 Å². The summed E-state index contributed by atoms with van der Waals surface area (Å²) in [4.78, 5) is 0. The van der Waals surface area contributed by atoms with Crippen LogP contribution >= 0.6 is 0 Å². The third-order valence-electron chi connectivity index (χ3n) is 3.48. The minimum atomic E-state index is -0.336. The topological polar surface area (TPSA) is 21.3 Å². The first-order chi connectivity index (χ1) is 10.0. The first-order valence-corrected chi connectivity index (χ1v) is 7.22. The van der Waals surface area contributed by atoms with E-state index in [1.807, 2.05) is 32.2 Å². The van der Waals surface area contributed by atoms with E-state index in [0.29, 0.717) is 18.2 Å². The Hall–Kier alpha value is -1.87. The van der Waals surface area contributed by atoms with E-state index in [-0.39, 0.29) is 11.6 Å². The zero-order valence-electron chi connectivity index (χ0n) is 13.0. The molecule has 0 fully saturated rings. The first kappa shape index (κ1) is 15.5. The second-order valence-corrected chi connectivity index (χ2v) is 5.58. The van der Waals surface area contributed by atoms with Gasteiger partial charge >= 0.3 is 0 Å². The van der Waals surface area contributed by atoms with Gasteiger partial charge in [-0.1, -0.05) is 32.0 Å². The molecule has 2 aromatic carbocycles. The maximum atomic E-state index is 14.1. The third-order valence-corrected chi connectivity index (χ3v) is 3.48. The summed E-state index contributed by atoms with van der Waals surface area (Å²) < 4.78 is 19.9. The molecule has 0 aromatic heterocycles. The third kappa shape index (κ3) is 3.82. The highest BCUT2D eigenvalue weighted by atomic mass is 19.1. The fourth-order valence-electron chi connectivity index (χ4n) is 2.15. The predicted octanol–water partition coefficient (Wildman–Crippen LogP) is 4.77. The number of ether oxygens (including phenoxy) is 1. The van der Waals surface area contributed by atoms with Gasteiger partial charge in [-0.25, -0.2) is 4.39 Å². The Bertz CT molecular complexity index is 623. The summed E-state index contributed by atoms with van der Waals surface area (Å²) >= 11 is 0. The first-order valence-electron chi connectivity index (χ1n) is 7.22. The molecule has 0 heterocycles. The number of rotatable bonds is 5. The average Bonchev–Trinajstić information content (AvgIpc) is 2.44. The van der Waals surface area contributed by atoms with Crippen LogP contribution < -0.4 is 10.1 Å². The van der Waals surface area contributed by atoms with Gasteiger partial charge in [0.1, 0.15) is 5.75 Å². The minimum absolute atomic E-state index is 0.263. The summed E-state index contributed by atoms with van der Waals surface area (Å²) in [7, 11) is 1.84. The molecule has 0 spiro atoms. The molecule has 3 heteroatoms. The molecule has 2 aromatic rings. The summed E-state index contributed by atoms with van der Waals surface area (Å²) in [6.45, 7) is 6.86. The monoisotopic (exact) mass is 287 g/mol. The Labute approximate surface area is 126 Å². The zero-order chi connectivity index (χ0) is 15.4. The number of nitrogens with one attached hydrogen (secondary N) is 1. The molecule has 0 atom stereocenters. The standard InChI is InChI=1S/C18H22FNO/c1-12(2)15-7-5-13(3)18(10-15)21-17-8-6-14(11-20-4)9-16(17)19/h5-10,12,20H,11H2,1-4H3. The number of hydrogen-bond acceptors (Lipinski definition) is 2. The van der Waals surface area contributed by atoms with Gasteiger partial charge in [0.15, 0.2) is 11.6 Å². The summed E-state index contributed by atoms with van der Waals surface area (Å²) in [6.07, 6.45) is 0. The van der Waals surface area contributed by atoms with Crippen LogP contribution in [0.5, 0.6) is 11.5 Å². The Morgan fingerprint density at radius 3 is 2.48 bits per heavy atom. The summed E-state index contributed by atoms with van der Waals surface area (Å²) in [5, 5.41) is 3.00. The van der Waals surface area contributed by atoms with E-state index in [2.05, 4.69) is 25.2 Å². The lowest BCUT2D eigenvalue weighted by Crippen LogP contribution is -2.05. The molecule has 0 saturated heterocycles. The quantitative estimate of drug-likeness (QED) is 0.855. The highest BCUT2D eigenvalue weighted by Crippen LogP contribution is 2.30. The zero-order valence-corrected chi connectivity index (χ0v) is 13.0. The van der Waals surface area contributed by atoms with E-state index < -0.39 is 0 Å².